The van der Waals surface area contributed by atoms with Crippen molar-refractivity contribution in [3.63, 3.8) is 0 Å². The van der Waals surface area contributed by atoms with Crippen molar-refractivity contribution in [3.05, 3.63) is 42.5 Å². The summed E-state index contributed by atoms with van der Waals surface area (Å²) in [7, 11) is 0. The monoisotopic (exact) mass is 452 g/mol. The molecule has 0 spiro atoms. The summed E-state index contributed by atoms with van der Waals surface area (Å²) in [4.78, 5) is 26.8. The molecule has 4 aromatic heterocycles. The zero-order chi connectivity index (χ0) is 23.7. The number of aliphatic carboxylic acids is 1. The lowest BCUT2D eigenvalue weighted by Crippen LogP contribution is -2.30. The fourth-order valence-electron chi connectivity index (χ4n) is 3.22. The van der Waals surface area contributed by atoms with Crippen molar-refractivity contribution in [2.24, 2.45) is 5.92 Å². The van der Waals surface area contributed by atoms with Crippen LogP contribution in [0.5, 0.6) is 0 Å². The number of aromatic amines is 1. The van der Waals surface area contributed by atoms with Gasteiger partial charge in [-0.2, -0.15) is 10.4 Å². The summed E-state index contributed by atoms with van der Waals surface area (Å²) in [6.45, 7) is 3.04. The molecular weight excluding hydrogens is 434 g/mol. The van der Waals surface area contributed by atoms with Crippen molar-refractivity contribution in [2.45, 2.75) is 26.4 Å². The van der Waals surface area contributed by atoms with Gasteiger partial charge < -0.3 is 15.4 Å². The summed E-state index contributed by atoms with van der Waals surface area (Å²) in [6.07, 6.45) is 5.41. The number of anilines is 1. The molecule has 0 bridgehead atoms. The van der Waals surface area contributed by atoms with Crippen LogP contribution in [-0.4, -0.2) is 46.8 Å². The maximum Gasteiger partial charge on any atom is 0.308 e. The largest absolute Gasteiger partial charge is 0.481 e. The molecule has 0 saturated heterocycles. The first-order chi connectivity index (χ1) is 15.8. The second-order valence-electron chi connectivity index (χ2n) is 7.46. The van der Waals surface area contributed by atoms with Crippen molar-refractivity contribution >= 4 is 22.8 Å². The minimum absolute atomic E-state index is 0.0365. The first-order valence-corrected chi connectivity index (χ1v) is 9.88. The lowest BCUT2D eigenvalue weighted by molar-refractivity contribution is -0.141. The maximum absolute atomic E-state index is 15.5. The van der Waals surface area contributed by atoms with Crippen LogP contribution in [0.2, 0.25) is 0 Å². The number of carbonyl (C=O) groups is 1. The van der Waals surface area contributed by atoms with Crippen molar-refractivity contribution < 1.29 is 18.7 Å². The van der Waals surface area contributed by atoms with Gasteiger partial charge in [0.05, 0.1) is 24.4 Å². The van der Waals surface area contributed by atoms with Crippen molar-refractivity contribution in [3.8, 4) is 28.7 Å². The van der Waals surface area contributed by atoms with Crippen molar-refractivity contribution in [1.29, 1.82) is 5.26 Å². The molecular formula is C21H18F2N8O2. The van der Waals surface area contributed by atoms with E-state index in [4.69, 9.17) is 5.26 Å². The predicted octanol–water partition coefficient (Wildman–Crippen LogP) is 3.21. The van der Waals surface area contributed by atoms with Gasteiger partial charge in [-0.3, -0.25) is 9.48 Å². The molecule has 0 saturated carbocycles. The number of hydrogen-bond donors (Lipinski definition) is 3. The summed E-state index contributed by atoms with van der Waals surface area (Å²) in [5.41, 5.74) is 0.952. The predicted molar refractivity (Wildman–Crippen MR) is 114 cm³/mol. The number of rotatable bonds is 7. The third-order valence-electron chi connectivity index (χ3n) is 5.23. The first-order valence-electron chi connectivity index (χ1n) is 9.88. The Morgan fingerprint density at radius 2 is 2.12 bits per heavy atom. The Hall–Kier alpha value is -4.40. The number of nitrogens with zero attached hydrogens (tertiary/aromatic N) is 6. The Kier molecular flexibility index (Phi) is 5.70. The van der Waals surface area contributed by atoms with Gasteiger partial charge in [-0.25, -0.2) is 23.7 Å². The van der Waals surface area contributed by atoms with Crippen LogP contribution in [0.1, 0.15) is 13.8 Å². The molecule has 0 fully saturated rings. The van der Waals surface area contributed by atoms with E-state index in [9.17, 15) is 14.3 Å². The van der Waals surface area contributed by atoms with Gasteiger partial charge in [-0.05, 0) is 19.9 Å². The van der Waals surface area contributed by atoms with Gasteiger partial charge in [0.2, 0.25) is 0 Å². The molecule has 3 N–H and O–H groups in total. The van der Waals surface area contributed by atoms with Gasteiger partial charge in [0.1, 0.15) is 23.7 Å². The van der Waals surface area contributed by atoms with E-state index >= 15 is 4.39 Å². The lowest BCUT2D eigenvalue weighted by Gasteiger charge is -2.19. The highest BCUT2D eigenvalue weighted by Crippen LogP contribution is 2.32. The van der Waals surface area contributed by atoms with Crippen LogP contribution in [0.15, 0.2) is 30.9 Å². The molecule has 4 rings (SSSR count). The van der Waals surface area contributed by atoms with Crippen LogP contribution >= 0.6 is 0 Å². The fourth-order valence-corrected chi connectivity index (χ4v) is 3.22. The molecule has 12 heteroatoms. The highest BCUT2D eigenvalue weighted by Gasteiger charge is 2.25. The number of H-pyrrole nitrogens is 1. The Morgan fingerprint density at radius 1 is 1.33 bits per heavy atom. The molecule has 0 amide bonds. The van der Waals surface area contributed by atoms with Crippen LogP contribution in [0.3, 0.4) is 0 Å². The number of carboxylic acids is 1. The van der Waals surface area contributed by atoms with Crippen LogP contribution in [0.25, 0.3) is 33.7 Å². The quantitative estimate of drug-likeness (QED) is 0.388. The third kappa shape index (κ3) is 4.20. The normalized spacial score (nSPS) is 12.9. The van der Waals surface area contributed by atoms with Crippen LogP contribution in [0.4, 0.5) is 14.6 Å². The zero-order valence-corrected chi connectivity index (χ0v) is 17.5. The number of nitrogens with one attached hydrogen (secondary N) is 2. The standard InChI is InChI=1S/C21H18F2N8O2/c1-10(21(32)33)11(2)28-20-16(23)17(12-6-27-31(9-12)4-3-24)29-19(30-20)15-8-26-18-14(15)5-13(22)7-25-18/h5-11H,4H2,1-2H3,(H,25,26)(H,32,33)(H,28,29,30)/t10-,11-/m0/s1. The second-order valence-corrected chi connectivity index (χ2v) is 7.46. The molecule has 2 atom stereocenters. The Balaban J connectivity index is 1.88. The fraction of sp³-hybridized carbons (Fsp3) is 0.238. The number of pyridine rings is 1. The number of nitriles is 1. The molecule has 0 unspecified atom stereocenters. The highest BCUT2D eigenvalue weighted by molar-refractivity contribution is 5.92. The second kappa shape index (κ2) is 8.62. The van der Waals surface area contributed by atoms with E-state index in [-0.39, 0.29) is 29.4 Å². The van der Waals surface area contributed by atoms with E-state index in [0.717, 1.165) is 6.20 Å². The molecule has 0 aliphatic carbocycles. The van der Waals surface area contributed by atoms with E-state index in [1.165, 1.54) is 36.3 Å². The van der Waals surface area contributed by atoms with E-state index < -0.39 is 29.6 Å². The number of carboxylic acid groups (broad SMARTS) is 1. The van der Waals surface area contributed by atoms with Gasteiger partial charge >= 0.3 is 5.97 Å². The molecule has 0 radical (unpaired) electrons. The summed E-state index contributed by atoms with van der Waals surface area (Å²) >= 11 is 0. The van der Waals surface area contributed by atoms with E-state index in [1.54, 1.807) is 6.92 Å². The van der Waals surface area contributed by atoms with E-state index in [0.29, 0.717) is 16.6 Å². The first kappa shape index (κ1) is 21.8. The minimum atomic E-state index is -1.05. The van der Waals surface area contributed by atoms with E-state index in [2.05, 4.69) is 30.4 Å². The van der Waals surface area contributed by atoms with Crippen LogP contribution < -0.4 is 5.32 Å². The molecule has 0 aliphatic heterocycles. The van der Waals surface area contributed by atoms with Gasteiger partial charge in [-0.1, -0.05) is 0 Å². The van der Waals surface area contributed by atoms with Gasteiger partial charge in [0.15, 0.2) is 17.5 Å². The van der Waals surface area contributed by atoms with Gasteiger partial charge in [-0.15, -0.1) is 0 Å². The lowest BCUT2D eigenvalue weighted by atomic mass is 10.0. The number of halogens is 2. The third-order valence-corrected chi connectivity index (χ3v) is 5.23. The molecule has 0 aliphatic rings. The Labute approximate surface area is 185 Å². The zero-order valence-electron chi connectivity index (χ0n) is 17.5. The summed E-state index contributed by atoms with van der Waals surface area (Å²) in [5.74, 6) is -3.43. The van der Waals surface area contributed by atoms with E-state index in [1.807, 2.05) is 6.07 Å². The minimum Gasteiger partial charge on any atom is -0.481 e. The molecule has 33 heavy (non-hydrogen) atoms. The summed E-state index contributed by atoms with van der Waals surface area (Å²) < 4.78 is 30.6. The summed E-state index contributed by atoms with van der Waals surface area (Å²) in [6, 6.07) is 2.53. The Bertz CT molecular complexity index is 1390. The average Bonchev–Trinajstić information content (AvgIpc) is 3.41. The number of aromatic nitrogens is 6. The Morgan fingerprint density at radius 3 is 2.85 bits per heavy atom. The highest BCUT2D eigenvalue weighted by atomic mass is 19.1. The average molecular weight is 452 g/mol. The molecule has 0 aromatic carbocycles. The number of fused-ring (bicyclic) bond motifs is 1. The van der Waals surface area contributed by atoms with Crippen LogP contribution in [-0.2, 0) is 11.3 Å². The smallest absolute Gasteiger partial charge is 0.308 e. The van der Waals surface area contributed by atoms with Gasteiger partial charge in [0.25, 0.3) is 0 Å². The SMILES string of the molecule is C[C@H](Nc1nc(-c2c[nH]c3ncc(F)cc23)nc(-c2cnn(CC#N)c2)c1F)[C@H](C)C(=O)O. The summed E-state index contributed by atoms with van der Waals surface area (Å²) in [5, 5.41) is 25.4. The van der Waals surface area contributed by atoms with Crippen molar-refractivity contribution in [2.75, 3.05) is 5.32 Å². The molecule has 4 aromatic rings. The maximum atomic E-state index is 15.5. The molecule has 168 valence electrons. The molecule has 4 heterocycles. The van der Waals surface area contributed by atoms with Crippen molar-refractivity contribution in [1.82, 2.24) is 29.7 Å². The molecule has 10 nitrogen and oxygen atoms in total. The number of hydrogen-bond acceptors (Lipinski definition) is 7. The van der Waals surface area contributed by atoms with Crippen LogP contribution in [0, 0.1) is 28.9 Å². The topological polar surface area (TPSA) is 145 Å². The van der Waals surface area contributed by atoms with Gasteiger partial charge in [0, 0.05) is 34.9 Å².